The van der Waals surface area contributed by atoms with Crippen LogP contribution in [-0.2, 0) is 16.4 Å². The molecule has 1 heterocycles. The largest absolute Gasteiger partial charge is 0.317 e. The van der Waals surface area contributed by atoms with Crippen molar-refractivity contribution in [1.82, 2.24) is 10.0 Å². The van der Waals surface area contributed by atoms with Crippen molar-refractivity contribution in [3.63, 3.8) is 0 Å². The Morgan fingerprint density at radius 1 is 1.20 bits per heavy atom. The lowest BCUT2D eigenvalue weighted by Crippen LogP contribution is -2.44. The third kappa shape index (κ3) is 4.84. The number of likely N-dealkylation sites (N-methyl/N-ethyl adjacent to an activating group) is 1. The number of rotatable bonds is 9. The first-order chi connectivity index (χ1) is 9.37. The average Bonchev–Trinajstić information content (AvgIpc) is 2.88. The van der Waals surface area contributed by atoms with Crippen LogP contribution in [0.25, 0.3) is 0 Å². The van der Waals surface area contributed by atoms with Crippen LogP contribution in [0.15, 0.2) is 16.3 Å². The summed E-state index contributed by atoms with van der Waals surface area (Å²) in [6.45, 7) is 9.83. The Morgan fingerprint density at radius 3 is 2.40 bits per heavy atom. The fraction of sp³-hybridized carbons (Fsp3) is 0.714. The molecule has 0 aliphatic rings. The monoisotopic (exact) mass is 318 g/mol. The van der Waals surface area contributed by atoms with E-state index in [1.54, 1.807) is 6.07 Å². The highest BCUT2D eigenvalue weighted by atomic mass is 32.2. The zero-order chi connectivity index (χ0) is 15.2. The minimum Gasteiger partial charge on any atom is -0.317 e. The number of hydrogen-bond acceptors (Lipinski definition) is 4. The second-order valence-corrected chi connectivity index (χ2v) is 8.28. The number of hydrogen-bond donors (Lipinski definition) is 2. The van der Waals surface area contributed by atoms with Crippen LogP contribution in [0.4, 0.5) is 0 Å². The Bertz CT molecular complexity index is 505. The van der Waals surface area contributed by atoms with Crippen molar-refractivity contribution < 1.29 is 8.42 Å². The minimum absolute atomic E-state index is 0.368. The van der Waals surface area contributed by atoms with E-state index in [1.807, 2.05) is 26.8 Å². The van der Waals surface area contributed by atoms with Gasteiger partial charge in [-0.3, -0.25) is 0 Å². The van der Waals surface area contributed by atoms with E-state index in [-0.39, 0.29) is 5.54 Å². The summed E-state index contributed by atoms with van der Waals surface area (Å²) in [5.74, 6) is 0. The molecule has 0 fully saturated rings. The maximum absolute atomic E-state index is 12.4. The molecular formula is C14H26N2O2S2. The highest BCUT2D eigenvalue weighted by Crippen LogP contribution is 2.25. The van der Waals surface area contributed by atoms with Crippen molar-refractivity contribution in [2.24, 2.45) is 0 Å². The Morgan fingerprint density at radius 2 is 1.85 bits per heavy atom. The molecule has 0 saturated carbocycles. The molecule has 4 nitrogen and oxygen atoms in total. The van der Waals surface area contributed by atoms with Gasteiger partial charge >= 0.3 is 0 Å². The average molecular weight is 319 g/mol. The molecule has 1 aromatic heterocycles. The van der Waals surface area contributed by atoms with Crippen molar-refractivity contribution in [1.29, 1.82) is 0 Å². The van der Waals surface area contributed by atoms with Gasteiger partial charge in [0.1, 0.15) is 4.21 Å². The molecule has 116 valence electrons. The van der Waals surface area contributed by atoms with Crippen molar-refractivity contribution in [3.8, 4) is 0 Å². The van der Waals surface area contributed by atoms with Gasteiger partial charge in [-0.15, -0.1) is 11.3 Å². The van der Waals surface area contributed by atoms with E-state index in [4.69, 9.17) is 0 Å². The molecule has 20 heavy (non-hydrogen) atoms. The Hall–Kier alpha value is -0.430. The molecular weight excluding hydrogens is 292 g/mol. The van der Waals surface area contributed by atoms with Gasteiger partial charge in [0, 0.05) is 10.4 Å². The molecule has 0 saturated heterocycles. The summed E-state index contributed by atoms with van der Waals surface area (Å²) in [7, 11) is -3.40. The summed E-state index contributed by atoms with van der Waals surface area (Å²) in [4.78, 5) is 1.10. The summed E-state index contributed by atoms with van der Waals surface area (Å²) in [6, 6.07) is 3.62. The van der Waals surface area contributed by atoms with Gasteiger partial charge in [-0.25, -0.2) is 13.1 Å². The number of sulfonamides is 1. The van der Waals surface area contributed by atoms with Gasteiger partial charge in [-0.05, 0) is 51.4 Å². The van der Waals surface area contributed by atoms with E-state index in [1.165, 1.54) is 11.3 Å². The Balaban J connectivity index is 2.78. The topological polar surface area (TPSA) is 58.2 Å². The first-order valence-electron chi connectivity index (χ1n) is 7.20. The van der Waals surface area contributed by atoms with Crippen LogP contribution >= 0.6 is 11.3 Å². The summed E-state index contributed by atoms with van der Waals surface area (Å²) in [5.41, 5.74) is -0.368. The molecule has 0 amide bonds. The molecule has 6 heteroatoms. The standard InChI is InChI=1S/C14H26N2O2S2/c1-5-14(4,6-2)16-20(17,18)13-9-8-12(19-13)10-11-15-7-3/h8-9,15-16H,5-7,10-11H2,1-4H3. The van der Waals surface area contributed by atoms with E-state index >= 15 is 0 Å². The lowest BCUT2D eigenvalue weighted by Gasteiger charge is -2.27. The molecule has 1 rings (SSSR count). The zero-order valence-electron chi connectivity index (χ0n) is 12.8. The van der Waals surface area contributed by atoms with Gasteiger partial charge in [-0.2, -0.15) is 0 Å². The van der Waals surface area contributed by atoms with Gasteiger partial charge in [0.25, 0.3) is 10.0 Å². The maximum Gasteiger partial charge on any atom is 0.250 e. The molecule has 2 N–H and O–H groups in total. The van der Waals surface area contributed by atoms with E-state index in [0.717, 1.165) is 37.2 Å². The molecule has 0 atom stereocenters. The van der Waals surface area contributed by atoms with Gasteiger partial charge in [0.05, 0.1) is 0 Å². The molecule has 1 aromatic rings. The van der Waals surface area contributed by atoms with E-state index in [9.17, 15) is 8.42 Å². The van der Waals surface area contributed by atoms with Crippen molar-refractivity contribution in [3.05, 3.63) is 17.0 Å². The fourth-order valence-corrected chi connectivity index (χ4v) is 4.70. The van der Waals surface area contributed by atoms with E-state index < -0.39 is 10.0 Å². The van der Waals surface area contributed by atoms with Crippen LogP contribution in [-0.4, -0.2) is 27.0 Å². The second-order valence-electron chi connectivity index (χ2n) is 5.20. The van der Waals surface area contributed by atoms with Crippen LogP contribution in [0.5, 0.6) is 0 Å². The SMILES string of the molecule is CCNCCc1ccc(S(=O)(=O)NC(C)(CC)CC)s1. The van der Waals surface area contributed by atoms with Crippen LogP contribution < -0.4 is 10.0 Å². The lowest BCUT2D eigenvalue weighted by atomic mass is 9.98. The van der Waals surface area contributed by atoms with Crippen molar-refractivity contribution >= 4 is 21.4 Å². The highest BCUT2D eigenvalue weighted by molar-refractivity contribution is 7.91. The van der Waals surface area contributed by atoms with Crippen LogP contribution in [0.2, 0.25) is 0 Å². The Kier molecular flexibility index (Phi) is 6.64. The van der Waals surface area contributed by atoms with E-state index in [2.05, 4.69) is 17.0 Å². The molecule has 0 aliphatic carbocycles. The molecule has 0 aromatic carbocycles. The van der Waals surface area contributed by atoms with Crippen LogP contribution in [0, 0.1) is 0 Å². The van der Waals surface area contributed by atoms with Crippen molar-refractivity contribution in [2.45, 2.75) is 56.7 Å². The highest BCUT2D eigenvalue weighted by Gasteiger charge is 2.28. The molecule has 0 bridgehead atoms. The molecule has 0 radical (unpaired) electrons. The fourth-order valence-electron chi connectivity index (χ4n) is 1.79. The first-order valence-corrected chi connectivity index (χ1v) is 9.50. The zero-order valence-corrected chi connectivity index (χ0v) is 14.5. The normalized spacial score (nSPS) is 12.8. The quantitative estimate of drug-likeness (QED) is 0.688. The smallest absolute Gasteiger partial charge is 0.250 e. The third-order valence-electron chi connectivity index (χ3n) is 3.64. The summed E-state index contributed by atoms with van der Waals surface area (Å²) in [6.07, 6.45) is 2.43. The predicted molar refractivity (Wildman–Crippen MR) is 85.9 cm³/mol. The number of nitrogens with one attached hydrogen (secondary N) is 2. The summed E-state index contributed by atoms with van der Waals surface area (Å²) < 4.78 is 28.0. The van der Waals surface area contributed by atoms with Gasteiger partial charge in [-0.1, -0.05) is 20.8 Å². The minimum atomic E-state index is -3.40. The van der Waals surface area contributed by atoms with Crippen molar-refractivity contribution in [2.75, 3.05) is 13.1 Å². The van der Waals surface area contributed by atoms with Gasteiger partial charge < -0.3 is 5.32 Å². The molecule has 0 spiro atoms. The molecule has 0 aliphatic heterocycles. The second kappa shape index (κ2) is 7.54. The third-order valence-corrected chi connectivity index (χ3v) is 6.92. The predicted octanol–water partition coefficient (Wildman–Crippen LogP) is 2.76. The van der Waals surface area contributed by atoms with Gasteiger partial charge in [0.2, 0.25) is 0 Å². The van der Waals surface area contributed by atoms with Crippen LogP contribution in [0.3, 0.4) is 0 Å². The van der Waals surface area contributed by atoms with Crippen LogP contribution in [0.1, 0.15) is 45.4 Å². The summed E-state index contributed by atoms with van der Waals surface area (Å²) in [5, 5.41) is 3.24. The van der Waals surface area contributed by atoms with Gasteiger partial charge in [0.15, 0.2) is 0 Å². The molecule has 0 unspecified atom stereocenters. The Labute approximate surface area is 127 Å². The summed E-state index contributed by atoms with van der Waals surface area (Å²) >= 11 is 1.36. The number of thiophene rings is 1. The lowest BCUT2D eigenvalue weighted by molar-refractivity contribution is 0.389. The maximum atomic E-state index is 12.4. The van der Waals surface area contributed by atoms with E-state index in [0.29, 0.717) is 4.21 Å². The first kappa shape index (κ1) is 17.6.